The average Bonchev–Trinajstić information content (AvgIpc) is 3.92. The maximum absolute atomic E-state index is 9.61. The van der Waals surface area contributed by atoms with Crippen LogP contribution in [-0.2, 0) is 0 Å². The topological polar surface area (TPSA) is 56.7 Å². The first-order chi connectivity index (χ1) is 34.2. The maximum Gasteiger partial charge on any atom is 0.164 e. The molecular weight excluding hydrogens is 589 g/mol. The van der Waals surface area contributed by atoms with Crippen LogP contribution in [0.4, 0.5) is 0 Å². The molecule has 224 valence electrons. The smallest absolute Gasteiger partial charge is 0.164 e. The van der Waals surface area contributed by atoms with Gasteiger partial charge in [-0.25, -0.2) is 15.0 Å². The Hall–Kier alpha value is -6.59. The number of rotatable bonds is 4. The van der Waals surface area contributed by atoms with E-state index >= 15 is 0 Å². The zero-order valence-corrected chi connectivity index (χ0v) is 23.8. The molecule has 0 N–H and O–H groups in total. The minimum Gasteiger partial charge on any atom is -0.456 e. The number of hydrogen-bond donors (Lipinski definition) is 0. The number of fused-ring (bicyclic) bond motifs is 8. The maximum atomic E-state index is 9.61. The number of benzene rings is 7. The quantitative estimate of drug-likeness (QED) is 0.192. The van der Waals surface area contributed by atoms with Gasteiger partial charge in [0, 0.05) is 55.4 Å². The van der Waals surface area contributed by atoms with E-state index < -0.39 is 224 Å². The Morgan fingerprint density at radius 2 is 1.12 bits per heavy atom. The van der Waals surface area contributed by atoms with Crippen LogP contribution in [-0.4, -0.2) is 19.5 Å². The van der Waals surface area contributed by atoms with Gasteiger partial charge in [0.15, 0.2) is 17.5 Å². The summed E-state index contributed by atoms with van der Waals surface area (Å²) in [5.74, 6) is -2.22. The van der Waals surface area contributed by atoms with E-state index in [0.29, 0.717) is 0 Å². The highest BCUT2D eigenvalue weighted by atomic mass is 16.3. The second-order valence-electron chi connectivity index (χ2n) is 10.2. The molecule has 0 aliphatic heterocycles. The molecule has 0 unspecified atom stereocenters. The van der Waals surface area contributed by atoms with Gasteiger partial charge >= 0.3 is 0 Å². The van der Waals surface area contributed by atoms with Gasteiger partial charge in [-0.3, -0.25) is 0 Å². The third kappa shape index (κ3) is 4.08. The van der Waals surface area contributed by atoms with Gasteiger partial charge < -0.3 is 8.98 Å². The van der Waals surface area contributed by atoms with E-state index in [1.54, 1.807) is 0 Å². The van der Waals surface area contributed by atoms with Gasteiger partial charge in [0.2, 0.25) is 0 Å². The monoisotopic (exact) mass is 639 g/mol. The summed E-state index contributed by atoms with van der Waals surface area (Å²) in [6.07, 6.45) is 0. The van der Waals surface area contributed by atoms with Crippen LogP contribution in [0.1, 0.15) is 34.3 Å². The van der Waals surface area contributed by atoms with Crippen molar-refractivity contribution < 1.29 is 38.7 Å². The predicted molar refractivity (Wildman–Crippen MR) is 195 cm³/mol. The van der Waals surface area contributed by atoms with Crippen molar-refractivity contribution in [1.82, 2.24) is 19.5 Å². The average molecular weight is 640 g/mol. The van der Waals surface area contributed by atoms with Crippen LogP contribution in [0.2, 0.25) is 0 Å². The Balaban J connectivity index is 1.39. The first-order valence-corrected chi connectivity index (χ1v) is 14.0. The normalized spacial score (nSPS) is 19.0. The van der Waals surface area contributed by atoms with Crippen molar-refractivity contribution >= 4 is 54.5 Å². The molecule has 10 rings (SSSR count). The lowest BCUT2D eigenvalue weighted by atomic mass is 10.0. The summed E-state index contributed by atoms with van der Waals surface area (Å²) in [6, 6.07) is -18.9. The van der Waals surface area contributed by atoms with Gasteiger partial charge in [-0.1, -0.05) is 127 Å². The highest BCUT2D eigenvalue weighted by Crippen LogP contribution is 2.40. The van der Waals surface area contributed by atoms with E-state index in [9.17, 15) is 4.11 Å². The van der Waals surface area contributed by atoms with E-state index in [4.69, 9.17) is 34.6 Å². The van der Waals surface area contributed by atoms with E-state index in [-0.39, 0.29) is 21.7 Å². The van der Waals surface area contributed by atoms with Crippen LogP contribution in [0.3, 0.4) is 0 Å². The van der Waals surface area contributed by atoms with Gasteiger partial charge in [-0.15, -0.1) is 0 Å². The van der Waals surface area contributed by atoms with Crippen LogP contribution < -0.4 is 0 Å². The summed E-state index contributed by atoms with van der Waals surface area (Å²) in [5.41, 5.74) is -4.14. The summed E-state index contributed by atoms with van der Waals surface area (Å²) in [6.45, 7) is 0. The molecule has 3 aromatic heterocycles. The molecule has 0 bridgehead atoms. The van der Waals surface area contributed by atoms with Crippen LogP contribution in [0.25, 0.3) is 94.4 Å². The number of para-hydroxylation sites is 1. The third-order valence-electron chi connectivity index (χ3n) is 7.52. The molecule has 0 radical (unpaired) electrons. The second-order valence-corrected chi connectivity index (χ2v) is 10.2. The summed E-state index contributed by atoms with van der Waals surface area (Å²) < 4.78 is 226. The van der Waals surface area contributed by atoms with Crippen molar-refractivity contribution in [2.75, 3.05) is 0 Å². The van der Waals surface area contributed by atoms with Gasteiger partial charge in [-0.05, 0) is 29.6 Å². The number of nitrogens with zero attached hydrogens (tertiary/aromatic N) is 4. The van der Waals surface area contributed by atoms with E-state index in [0.717, 1.165) is 10.6 Å². The lowest BCUT2D eigenvalue weighted by Gasteiger charge is -2.10. The van der Waals surface area contributed by atoms with Crippen molar-refractivity contribution in [3.8, 4) is 39.9 Å². The molecule has 0 amide bonds. The Morgan fingerprint density at radius 3 is 1.90 bits per heavy atom. The minimum atomic E-state index is -0.860. The first kappa shape index (κ1) is 11.9. The molecule has 0 aliphatic rings. The standard InChI is InChI=1S/C43H26N4O/c1-3-13-28(14-4-1)41-44-42(29-15-5-2-6-16-29)46-43(45-41)35-19-11-21-37-39(35)34-25-23-30(26-38(34)48-37)47-36-20-10-9-18-32(36)33-24-22-27-12-7-8-17-31(27)40(33)47/h1-26H/i1D,2D,3D,4D,5D,6D,7D,8D,9D,10D,11D,12D,13D,14D,15D,16D,17D,18D,19D,20D,21D,22D,23D,24D,25D. The molecule has 5 nitrogen and oxygen atoms in total. The zero-order chi connectivity index (χ0) is 53.4. The van der Waals surface area contributed by atoms with Crippen molar-refractivity contribution in [1.29, 1.82) is 0 Å². The highest BCUT2D eigenvalue weighted by molar-refractivity contribution is 6.19. The third-order valence-corrected chi connectivity index (χ3v) is 7.52. The van der Waals surface area contributed by atoms with Crippen LogP contribution in [0.15, 0.2) is 162 Å². The zero-order valence-electron chi connectivity index (χ0n) is 48.8. The molecule has 10 aromatic rings. The van der Waals surface area contributed by atoms with Crippen LogP contribution >= 0.6 is 0 Å². The molecule has 0 spiro atoms. The Bertz CT molecular complexity index is 4140. The fraction of sp³-hybridized carbons (Fsp3) is 0. The Labute approximate surface area is 310 Å². The van der Waals surface area contributed by atoms with E-state index in [2.05, 4.69) is 15.0 Å². The van der Waals surface area contributed by atoms with Crippen molar-refractivity contribution in [3.05, 3.63) is 157 Å². The number of furan rings is 1. The Morgan fingerprint density at radius 1 is 0.479 bits per heavy atom. The summed E-state index contributed by atoms with van der Waals surface area (Å²) in [4.78, 5) is 13.0. The molecule has 0 fully saturated rings. The van der Waals surface area contributed by atoms with Gasteiger partial charge in [0.05, 0.1) is 45.3 Å². The highest BCUT2D eigenvalue weighted by Gasteiger charge is 2.20. The molecule has 0 saturated heterocycles. The van der Waals surface area contributed by atoms with Crippen LogP contribution in [0.5, 0.6) is 0 Å². The van der Waals surface area contributed by atoms with Gasteiger partial charge in [-0.2, -0.15) is 0 Å². The number of hydrogen-bond acceptors (Lipinski definition) is 4. The molecule has 0 atom stereocenters. The summed E-state index contributed by atoms with van der Waals surface area (Å²) in [5, 5.41) is -2.43. The fourth-order valence-corrected chi connectivity index (χ4v) is 5.53. The SMILES string of the molecule is [2H]c1c([2H])c([2H])c(-c2nc(-c3c([2H])c([2H])c([2H])c([2H])c3[2H])nc(-c3c([2H])c([2H])c([2H])c4oc5cc(-n6c7c([2H])c([2H])c([2H])c([2H])c7c7c([2H])c([2H])c8c([2H])c([2H])c([2H])c([2H])c8c76)c([2H])c([2H])c5c34)n2)c([2H])c1[2H]. The van der Waals surface area contributed by atoms with Crippen molar-refractivity contribution in [3.63, 3.8) is 0 Å². The minimum absolute atomic E-state index is 0.367. The molecule has 5 heteroatoms. The second kappa shape index (κ2) is 10.5. The van der Waals surface area contributed by atoms with Crippen molar-refractivity contribution in [2.24, 2.45) is 0 Å². The predicted octanol–water partition coefficient (Wildman–Crippen LogP) is 11.0. The van der Waals surface area contributed by atoms with Crippen LogP contribution in [0, 0.1) is 0 Å². The van der Waals surface area contributed by atoms with E-state index in [1.807, 2.05) is 0 Å². The van der Waals surface area contributed by atoms with Crippen molar-refractivity contribution in [2.45, 2.75) is 0 Å². The number of aromatic nitrogens is 4. The fourth-order valence-electron chi connectivity index (χ4n) is 5.53. The molecular formula is C43H26N4O. The lowest BCUT2D eigenvalue weighted by molar-refractivity contribution is 0.668. The first-order valence-electron chi connectivity index (χ1n) is 26.5. The molecule has 3 heterocycles. The van der Waals surface area contributed by atoms with E-state index in [1.165, 1.54) is 0 Å². The molecule has 7 aromatic carbocycles. The lowest BCUT2D eigenvalue weighted by Crippen LogP contribution is -2.00. The molecule has 0 saturated carbocycles. The largest absolute Gasteiger partial charge is 0.456 e. The molecule has 48 heavy (non-hydrogen) atoms. The Kier molecular flexibility index (Phi) is 2.59. The molecule has 0 aliphatic carbocycles. The summed E-state index contributed by atoms with van der Waals surface area (Å²) in [7, 11) is 0. The summed E-state index contributed by atoms with van der Waals surface area (Å²) >= 11 is 0. The van der Waals surface area contributed by atoms with Gasteiger partial charge in [0.1, 0.15) is 11.2 Å². The van der Waals surface area contributed by atoms with Gasteiger partial charge in [0.25, 0.3) is 0 Å².